The number of hydrogen-bond donors (Lipinski definition) is 0. The molecule has 0 aliphatic rings. The predicted octanol–water partition coefficient (Wildman–Crippen LogP) is 0.943. The van der Waals surface area contributed by atoms with Crippen molar-refractivity contribution in [2.45, 2.75) is 80.3 Å². The lowest BCUT2D eigenvalue weighted by Gasteiger charge is -2.53. The van der Waals surface area contributed by atoms with E-state index in [9.17, 15) is 19.8 Å². The third kappa shape index (κ3) is 5.44. The van der Waals surface area contributed by atoms with E-state index in [-0.39, 0.29) is 41.8 Å². The van der Waals surface area contributed by atoms with Crippen LogP contribution < -0.4 is 10.2 Å². The van der Waals surface area contributed by atoms with Crippen molar-refractivity contribution in [2.75, 3.05) is 0 Å². The van der Waals surface area contributed by atoms with E-state index in [1.165, 1.54) is 0 Å². The summed E-state index contributed by atoms with van der Waals surface area (Å²) >= 11 is 0. The van der Waals surface area contributed by atoms with Gasteiger partial charge in [-0.05, 0) is 43.9 Å². The zero-order valence-corrected chi connectivity index (χ0v) is 23.6. The van der Waals surface area contributed by atoms with Gasteiger partial charge in [0.15, 0.2) is 0 Å². The van der Waals surface area contributed by atoms with Gasteiger partial charge in [0.1, 0.15) is 0 Å². The second-order valence-electron chi connectivity index (χ2n) is 9.90. The number of aliphatic carboxylic acids is 2. The summed E-state index contributed by atoms with van der Waals surface area (Å²) in [6.45, 7) is 18.5. The van der Waals surface area contributed by atoms with Gasteiger partial charge in [-0.2, -0.15) is 0 Å². The molecule has 30 heavy (non-hydrogen) atoms. The molecule has 0 aromatic rings. The first-order valence-corrected chi connectivity index (χ1v) is 12.5. The standard InChI is InChI=1S/C20H34O6Si4/c1-11(29-25-27)17(3,4)19(7,8)13(15(21)22)14(16(23)24)20(9,10)18(5,6)12(2)30-26-28/h11-12H,1-10H3,(H,21,22)(H,23,24)/p-2/b14-13+. The van der Waals surface area contributed by atoms with Crippen molar-refractivity contribution < 1.29 is 28.0 Å². The Kier molecular flexibility index (Phi) is 10.2. The Morgan fingerprint density at radius 1 is 0.700 bits per heavy atom. The minimum absolute atomic E-state index is 0.0533. The molecule has 0 aromatic heterocycles. The van der Waals surface area contributed by atoms with Gasteiger partial charge in [-0.3, -0.25) is 0 Å². The fourth-order valence-electron chi connectivity index (χ4n) is 3.54. The van der Waals surface area contributed by atoms with E-state index in [0.29, 0.717) is 0 Å². The molecule has 0 aliphatic carbocycles. The molecule has 0 heterocycles. The van der Waals surface area contributed by atoms with E-state index < -0.39 is 33.6 Å². The first-order valence-electron chi connectivity index (χ1n) is 9.69. The Morgan fingerprint density at radius 3 is 1.10 bits per heavy atom. The van der Waals surface area contributed by atoms with Gasteiger partial charge >= 0.3 is 0 Å². The summed E-state index contributed by atoms with van der Waals surface area (Å²) < 4.78 is 10.2. The second kappa shape index (κ2) is 10.4. The van der Waals surface area contributed by atoms with Gasteiger partial charge in [0.05, 0.1) is 11.9 Å². The Balaban J connectivity index is 7.11. The van der Waals surface area contributed by atoms with Crippen LogP contribution >= 0.6 is 0 Å². The van der Waals surface area contributed by atoms with Crippen molar-refractivity contribution in [3.63, 3.8) is 0 Å². The minimum atomic E-state index is -1.50. The summed E-state index contributed by atoms with van der Waals surface area (Å²) in [7, 11) is 6.14. The zero-order valence-electron chi connectivity index (χ0n) is 19.6. The number of hydrogen-bond acceptors (Lipinski definition) is 6. The van der Waals surface area contributed by atoms with Gasteiger partial charge in [-0.1, -0.05) is 69.2 Å². The van der Waals surface area contributed by atoms with E-state index in [0.717, 1.165) is 0 Å². The molecule has 0 fully saturated rings. The van der Waals surface area contributed by atoms with Crippen LogP contribution in [0.2, 0.25) is 11.1 Å². The topological polar surface area (TPSA) is 98.7 Å². The minimum Gasteiger partial charge on any atom is -0.545 e. The van der Waals surface area contributed by atoms with Gasteiger partial charge < -0.3 is 28.0 Å². The number of carbonyl (C=O) groups is 2. The average molecular weight is 481 g/mol. The lowest BCUT2D eigenvalue weighted by atomic mass is 9.55. The molecule has 0 amide bonds. The fraction of sp³-hybridized carbons (Fsp3) is 0.800. The van der Waals surface area contributed by atoms with E-state index in [4.69, 9.17) is 8.23 Å². The highest BCUT2D eigenvalue weighted by Crippen LogP contribution is 2.57. The summed E-state index contributed by atoms with van der Waals surface area (Å²) in [5.74, 6) is -3.00. The van der Waals surface area contributed by atoms with Crippen molar-refractivity contribution >= 4 is 52.4 Å². The van der Waals surface area contributed by atoms with Crippen molar-refractivity contribution in [2.24, 2.45) is 21.7 Å². The molecular weight excluding hydrogens is 449 g/mol. The molecule has 2 atom stereocenters. The number of rotatable bonds is 12. The van der Waals surface area contributed by atoms with Crippen molar-refractivity contribution in [1.29, 1.82) is 0 Å². The normalized spacial score (nSPS) is 16.7. The maximum absolute atomic E-state index is 12.5. The van der Waals surface area contributed by atoms with E-state index in [1.807, 2.05) is 41.5 Å². The SMILES string of the molecule is CC([Si]O[Si])C(C)(C)C(C)(C)/C(C(=O)[O-])=C(\C(=O)[O-])C(C)(C)C(C)(C)C(C)[Si]O[Si]. The van der Waals surface area contributed by atoms with Crippen LogP contribution in [0.1, 0.15) is 69.2 Å². The molecular formula is C20H32O6Si4-2. The molecule has 0 saturated heterocycles. The number of carboxylic acids is 2. The van der Waals surface area contributed by atoms with E-state index in [1.54, 1.807) is 27.7 Å². The predicted molar refractivity (Wildman–Crippen MR) is 116 cm³/mol. The number of carbonyl (C=O) groups excluding carboxylic acids is 2. The molecule has 6 nitrogen and oxygen atoms in total. The van der Waals surface area contributed by atoms with Crippen LogP contribution in [-0.2, 0) is 17.8 Å². The lowest BCUT2D eigenvalue weighted by Crippen LogP contribution is -2.51. The van der Waals surface area contributed by atoms with Gasteiger partial charge in [0, 0.05) is 0 Å². The lowest BCUT2D eigenvalue weighted by molar-refractivity contribution is -0.307. The molecule has 0 aliphatic heterocycles. The summed E-state index contributed by atoms with van der Waals surface area (Å²) in [4.78, 5) is 24.9. The van der Waals surface area contributed by atoms with Crippen LogP contribution in [0.5, 0.6) is 0 Å². The Morgan fingerprint density at radius 2 is 0.933 bits per heavy atom. The highest BCUT2D eigenvalue weighted by Gasteiger charge is 2.50. The third-order valence-corrected chi connectivity index (χ3v) is 10.9. The molecule has 0 spiro atoms. The van der Waals surface area contributed by atoms with Crippen LogP contribution in [0.3, 0.4) is 0 Å². The Hall–Kier alpha value is -0.532. The number of carboxylic acid groups (broad SMARTS) is 2. The quantitative estimate of drug-likeness (QED) is 0.304. The smallest absolute Gasteiger partial charge is 0.229 e. The summed E-state index contributed by atoms with van der Waals surface area (Å²) in [6.07, 6.45) is 0. The van der Waals surface area contributed by atoms with Crippen molar-refractivity contribution in [1.82, 2.24) is 0 Å². The van der Waals surface area contributed by atoms with Crippen LogP contribution in [0.25, 0.3) is 0 Å². The maximum atomic E-state index is 12.5. The first kappa shape index (κ1) is 29.5. The first-order chi connectivity index (χ1) is 13.3. The zero-order chi connectivity index (χ0) is 24.3. The second-order valence-corrected chi connectivity index (χ2v) is 13.7. The fourth-order valence-corrected chi connectivity index (χ4v) is 6.26. The molecule has 0 rings (SSSR count). The molecule has 0 N–H and O–H groups in total. The Labute approximate surface area is 193 Å². The van der Waals surface area contributed by atoms with Crippen LogP contribution in [0.15, 0.2) is 11.1 Å². The molecule has 2 unspecified atom stereocenters. The van der Waals surface area contributed by atoms with Crippen LogP contribution in [-0.4, -0.2) is 52.4 Å². The van der Waals surface area contributed by atoms with Crippen LogP contribution in [0, 0.1) is 21.7 Å². The largest absolute Gasteiger partial charge is 0.545 e. The summed E-state index contributed by atoms with van der Waals surface area (Å²) in [5, 5.41) is 24.9. The monoisotopic (exact) mass is 480 g/mol. The molecule has 166 valence electrons. The highest BCUT2D eigenvalue weighted by molar-refractivity contribution is 6.36. The molecule has 0 saturated carbocycles. The maximum Gasteiger partial charge on any atom is 0.229 e. The van der Waals surface area contributed by atoms with Crippen molar-refractivity contribution in [3.05, 3.63) is 11.1 Å². The van der Waals surface area contributed by atoms with Gasteiger partial charge in [0.25, 0.3) is 0 Å². The Bertz CT molecular complexity index is 614. The third-order valence-electron chi connectivity index (χ3n) is 7.77. The van der Waals surface area contributed by atoms with Gasteiger partial charge in [0.2, 0.25) is 40.5 Å². The average Bonchev–Trinajstić information content (AvgIpc) is 2.58. The summed E-state index contributed by atoms with van der Waals surface area (Å²) in [6, 6.07) is 0. The molecule has 0 aromatic carbocycles. The van der Waals surface area contributed by atoms with Gasteiger partial charge in [-0.25, -0.2) is 0 Å². The van der Waals surface area contributed by atoms with Gasteiger partial charge in [-0.15, -0.1) is 0 Å². The van der Waals surface area contributed by atoms with Crippen molar-refractivity contribution in [3.8, 4) is 0 Å². The van der Waals surface area contributed by atoms with E-state index >= 15 is 0 Å². The summed E-state index contributed by atoms with van der Waals surface area (Å²) in [5.41, 5.74) is -4.04. The van der Waals surface area contributed by atoms with Crippen LogP contribution in [0.4, 0.5) is 0 Å². The molecule has 0 bridgehead atoms. The molecule has 10 radical (unpaired) electrons. The molecule has 10 heteroatoms. The highest BCUT2D eigenvalue weighted by atomic mass is 28.3. The van der Waals surface area contributed by atoms with E-state index in [2.05, 4.69) is 21.0 Å².